The van der Waals surface area contributed by atoms with Crippen LogP contribution in [0.5, 0.6) is 11.5 Å². The van der Waals surface area contributed by atoms with E-state index in [1.54, 1.807) is 37.3 Å². The third-order valence-electron chi connectivity index (χ3n) is 7.32. The summed E-state index contributed by atoms with van der Waals surface area (Å²) in [5, 5.41) is 37.2. The number of para-hydroxylation sites is 1. The van der Waals surface area contributed by atoms with E-state index in [0.29, 0.717) is 11.1 Å². The Balaban J connectivity index is 1.56. The minimum absolute atomic E-state index is 0.0390. The van der Waals surface area contributed by atoms with E-state index in [2.05, 4.69) is 10.6 Å². The van der Waals surface area contributed by atoms with Crippen LogP contribution < -0.4 is 10.6 Å². The van der Waals surface area contributed by atoms with Crippen molar-refractivity contribution in [2.45, 2.75) is 56.7 Å². The van der Waals surface area contributed by atoms with E-state index in [0.717, 1.165) is 5.56 Å². The second-order valence-corrected chi connectivity index (χ2v) is 12.2. The lowest BCUT2D eigenvalue weighted by Gasteiger charge is -2.33. The fraction of sp³-hybridized carbons (Fsp3) is 0.323. The zero-order valence-electron chi connectivity index (χ0n) is 23.2. The Kier molecular flexibility index (Phi) is 9.25. The molecule has 3 aromatic carbocycles. The van der Waals surface area contributed by atoms with E-state index in [4.69, 9.17) is 0 Å². The molecule has 3 atom stereocenters. The lowest BCUT2D eigenvalue weighted by molar-refractivity contribution is -0.147. The zero-order valence-corrected chi connectivity index (χ0v) is 24.0. The molecule has 10 heteroatoms. The summed E-state index contributed by atoms with van der Waals surface area (Å²) in [5.74, 6) is -1.45. The number of amides is 3. The van der Waals surface area contributed by atoms with Crippen molar-refractivity contribution < 1.29 is 29.7 Å². The monoisotopic (exact) mass is 577 g/mol. The van der Waals surface area contributed by atoms with Gasteiger partial charge in [0, 0.05) is 28.0 Å². The smallest absolute Gasteiger partial charge is 0.254 e. The van der Waals surface area contributed by atoms with Gasteiger partial charge in [0.25, 0.3) is 11.8 Å². The van der Waals surface area contributed by atoms with Gasteiger partial charge in [-0.2, -0.15) is 0 Å². The first-order valence-electron chi connectivity index (χ1n) is 13.3. The molecular weight excluding hydrogens is 542 g/mol. The van der Waals surface area contributed by atoms with Gasteiger partial charge in [-0.1, -0.05) is 54.6 Å². The van der Waals surface area contributed by atoms with Crippen LogP contribution in [0.4, 0.5) is 0 Å². The number of nitrogens with one attached hydrogen (secondary N) is 2. The fourth-order valence-corrected chi connectivity index (χ4v) is 6.06. The van der Waals surface area contributed by atoms with Crippen molar-refractivity contribution in [2.75, 3.05) is 5.88 Å². The summed E-state index contributed by atoms with van der Waals surface area (Å²) >= 11 is 1.41. The number of aromatic hydroxyl groups is 2. The van der Waals surface area contributed by atoms with E-state index >= 15 is 0 Å². The maximum atomic E-state index is 13.8. The number of carbonyl (C=O) groups is 3. The summed E-state index contributed by atoms with van der Waals surface area (Å²) in [6.45, 7) is 5.40. The number of hydrogen-bond donors (Lipinski definition) is 5. The van der Waals surface area contributed by atoms with Crippen molar-refractivity contribution in [1.29, 1.82) is 0 Å². The summed E-state index contributed by atoms with van der Waals surface area (Å²) in [5.41, 5.74) is 1.94. The van der Waals surface area contributed by atoms with Gasteiger partial charge >= 0.3 is 0 Å². The third-order valence-corrected chi connectivity index (χ3v) is 8.70. The molecule has 1 fully saturated rings. The number of benzene rings is 3. The van der Waals surface area contributed by atoms with Crippen molar-refractivity contribution in [3.63, 3.8) is 0 Å². The summed E-state index contributed by atoms with van der Waals surface area (Å²) in [6.07, 6.45) is -1.49. The van der Waals surface area contributed by atoms with Gasteiger partial charge in [0.15, 0.2) is 6.10 Å². The molecule has 3 amide bonds. The van der Waals surface area contributed by atoms with E-state index in [1.807, 2.05) is 44.2 Å². The van der Waals surface area contributed by atoms with Crippen LogP contribution in [-0.2, 0) is 22.6 Å². The molecule has 0 bridgehead atoms. The Labute approximate surface area is 243 Å². The van der Waals surface area contributed by atoms with Gasteiger partial charge in [0.2, 0.25) is 5.91 Å². The predicted octanol–water partition coefficient (Wildman–Crippen LogP) is 3.10. The van der Waals surface area contributed by atoms with Crippen LogP contribution in [0.2, 0.25) is 0 Å². The SMILES string of the molecule is Cc1c(O)cccc1C(=O)N[C@@H](Cc1ccccc1)[C@H](O)C(=O)N1CSC(C)(C)C1C(=O)NCc1ccccc1O. The molecule has 1 heterocycles. The van der Waals surface area contributed by atoms with Crippen molar-refractivity contribution >= 4 is 29.5 Å². The van der Waals surface area contributed by atoms with Gasteiger partial charge in [-0.25, -0.2) is 0 Å². The number of phenolic OH excluding ortho intramolecular Hbond substituents is 2. The Hall–Kier alpha value is -4.02. The Morgan fingerprint density at radius 2 is 1.63 bits per heavy atom. The maximum absolute atomic E-state index is 13.8. The van der Waals surface area contributed by atoms with Gasteiger partial charge in [-0.3, -0.25) is 14.4 Å². The van der Waals surface area contributed by atoms with Crippen LogP contribution in [0.25, 0.3) is 0 Å². The lowest BCUT2D eigenvalue weighted by Crippen LogP contribution is -2.58. The molecule has 0 saturated carbocycles. The molecule has 216 valence electrons. The highest BCUT2D eigenvalue weighted by Gasteiger charge is 2.49. The number of aliphatic hydroxyl groups excluding tert-OH is 1. The highest BCUT2D eigenvalue weighted by molar-refractivity contribution is 8.00. The molecule has 1 aliphatic heterocycles. The molecular formula is C31H35N3O6S. The molecule has 5 N–H and O–H groups in total. The molecule has 1 unspecified atom stereocenters. The van der Waals surface area contributed by atoms with Crippen molar-refractivity contribution in [2.24, 2.45) is 0 Å². The van der Waals surface area contributed by atoms with Crippen molar-refractivity contribution in [1.82, 2.24) is 15.5 Å². The van der Waals surface area contributed by atoms with Gasteiger partial charge in [0.1, 0.15) is 17.5 Å². The molecule has 4 rings (SSSR count). The number of aliphatic hydroxyl groups is 1. The van der Waals surface area contributed by atoms with Crippen LogP contribution in [-0.4, -0.2) is 66.8 Å². The summed E-state index contributed by atoms with van der Waals surface area (Å²) in [6, 6.07) is 18.5. The first kappa shape index (κ1) is 30.0. The van der Waals surface area contributed by atoms with E-state index in [1.165, 1.54) is 28.8 Å². The average Bonchev–Trinajstić information content (AvgIpc) is 3.28. The summed E-state index contributed by atoms with van der Waals surface area (Å²) < 4.78 is -0.658. The minimum Gasteiger partial charge on any atom is -0.508 e. The van der Waals surface area contributed by atoms with Gasteiger partial charge in [-0.15, -0.1) is 11.8 Å². The average molecular weight is 578 g/mol. The Bertz CT molecular complexity index is 1410. The highest BCUT2D eigenvalue weighted by Crippen LogP contribution is 2.40. The summed E-state index contributed by atoms with van der Waals surface area (Å²) in [4.78, 5) is 41.8. The molecule has 41 heavy (non-hydrogen) atoms. The van der Waals surface area contributed by atoms with Gasteiger partial charge in [-0.05, 0) is 51.0 Å². The fourth-order valence-electron chi connectivity index (χ4n) is 4.92. The molecule has 0 radical (unpaired) electrons. The molecule has 0 aliphatic carbocycles. The zero-order chi connectivity index (χ0) is 29.7. The third kappa shape index (κ3) is 6.83. The van der Waals surface area contributed by atoms with Gasteiger partial charge < -0.3 is 30.9 Å². The molecule has 1 aliphatic rings. The standard InChI is InChI=1S/C31H35N3O6S/c1-19-22(13-9-15-24(19)35)28(38)33-23(16-20-10-5-4-6-11-20)26(37)30(40)34-18-41-31(2,3)27(34)29(39)32-17-21-12-7-8-14-25(21)36/h4-15,23,26-27,35-37H,16-18H2,1-3H3,(H,32,39)(H,33,38)/t23-,26-,27?/m0/s1. The first-order chi connectivity index (χ1) is 19.5. The largest absolute Gasteiger partial charge is 0.508 e. The van der Waals surface area contributed by atoms with Crippen molar-refractivity contribution in [3.05, 3.63) is 95.1 Å². The summed E-state index contributed by atoms with van der Waals surface area (Å²) in [7, 11) is 0. The maximum Gasteiger partial charge on any atom is 0.254 e. The topological polar surface area (TPSA) is 139 Å². The second-order valence-electron chi connectivity index (χ2n) is 10.6. The normalized spacial score (nSPS) is 17.5. The van der Waals surface area contributed by atoms with Gasteiger partial charge in [0.05, 0.1) is 11.9 Å². The Morgan fingerprint density at radius 1 is 0.976 bits per heavy atom. The van der Waals surface area contributed by atoms with Crippen LogP contribution in [0.3, 0.4) is 0 Å². The molecule has 9 nitrogen and oxygen atoms in total. The van der Waals surface area contributed by atoms with E-state index < -0.39 is 40.7 Å². The minimum atomic E-state index is -1.65. The first-order valence-corrected chi connectivity index (χ1v) is 14.3. The van der Waals surface area contributed by atoms with Crippen LogP contribution in [0, 0.1) is 6.92 Å². The predicted molar refractivity (Wildman–Crippen MR) is 157 cm³/mol. The van der Waals surface area contributed by atoms with Crippen LogP contribution in [0.1, 0.15) is 40.9 Å². The van der Waals surface area contributed by atoms with E-state index in [-0.39, 0.29) is 35.9 Å². The number of hydrogen-bond acceptors (Lipinski definition) is 7. The van der Waals surface area contributed by atoms with Crippen molar-refractivity contribution in [3.8, 4) is 11.5 Å². The molecule has 1 saturated heterocycles. The quantitative estimate of drug-likeness (QED) is 0.263. The number of nitrogens with zero attached hydrogens (tertiary/aromatic N) is 1. The van der Waals surface area contributed by atoms with Crippen LogP contribution in [0.15, 0.2) is 72.8 Å². The number of phenols is 2. The highest BCUT2D eigenvalue weighted by atomic mass is 32.2. The number of rotatable bonds is 9. The second kappa shape index (κ2) is 12.7. The number of thioether (sulfide) groups is 1. The van der Waals surface area contributed by atoms with Crippen LogP contribution >= 0.6 is 11.8 Å². The van der Waals surface area contributed by atoms with E-state index in [9.17, 15) is 29.7 Å². The lowest BCUT2D eigenvalue weighted by atomic mass is 9.96. The number of carbonyl (C=O) groups excluding carboxylic acids is 3. The molecule has 0 aromatic heterocycles. The Morgan fingerprint density at radius 3 is 2.34 bits per heavy atom. The molecule has 0 spiro atoms. The molecule has 3 aromatic rings.